The van der Waals surface area contributed by atoms with Gasteiger partial charge in [0, 0.05) is 16.0 Å². The van der Waals surface area contributed by atoms with Gasteiger partial charge in [0.2, 0.25) is 4.74 Å². The molecular weight excluding hydrogens is 416 g/mol. The van der Waals surface area contributed by atoms with E-state index in [0.29, 0.717) is 4.47 Å². The van der Waals surface area contributed by atoms with Gasteiger partial charge in [-0.05, 0) is 39.5 Å². The molecule has 0 fully saturated rings. The molecular formula is C24H17BrOS. The number of hydrogen-bond acceptors (Lipinski definition) is 2. The molecule has 27 heavy (non-hydrogen) atoms. The van der Waals surface area contributed by atoms with Crippen LogP contribution in [0.3, 0.4) is 0 Å². The Morgan fingerprint density at radius 2 is 1.19 bits per heavy atom. The second kappa shape index (κ2) is 7.63. The van der Waals surface area contributed by atoms with E-state index in [-0.39, 0.29) is 4.74 Å². The number of benzene rings is 3. The van der Waals surface area contributed by atoms with Crippen LogP contribution in [0.25, 0.3) is 32.7 Å². The Labute approximate surface area is 171 Å². The molecule has 3 heteroatoms. The van der Waals surface area contributed by atoms with E-state index in [4.69, 9.17) is 0 Å². The topological polar surface area (TPSA) is 17.1 Å². The van der Waals surface area contributed by atoms with Gasteiger partial charge in [0.15, 0.2) is 0 Å². The summed E-state index contributed by atoms with van der Waals surface area (Å²) < 4.78 is 0.650. The van der Waals surface area contributed by atoms with E-state index in [1.807, 2.05) is 36.4 Å². The molecule has 0 aliphatic carbocycles. The van der Waals surface area contributed by atoms with Gasteiger partial charge in [-0.25, -0.2) is 0 Å². The first kappa shape index (κ1) is 17.9. The summed E-state index contributed by atoms with van der Waals surface area (Å²) >= 11 is 4.87. The van der Waals surface area contributed by atoms with E-state index < -0.39 is 0 Å². The van der Waals surface area contributed by atoms with Crippen LogP contribution in [0.4, 0.5) is 0 Å². The minimum absolute atomic E-state index is 0.0316. The van der Waals surface area contributed by atoms with Crippen LogP contribution < -0.4 is 4.74 Å². The maximum absolute atomic E-state index is 12.8. The Balaban J connectivity index is 2.12. The lowest BCUT2D eigenvalue weighted by Gasteiger charge is -2.17. The maximum atomic E-state index is 12.8. The molecule has 0 aliphatic rings. The van der Waals surface area contributed by atoms with Gasteiger partial charge in [-0.3, -0.25) is 4.79 Å². The third-order valence-corrected chi connectivity index (χ3v) is 6.56. The summed E-state index contributed by atoms with van der Waals surface area (Å²) in [5.41, 5.74) is 6.42. The Morgan fingerprint density at radius 1 is 0.667 bits per heavy atom. The van der Waals surface area contributed by atoms with Gasteiger partial charge in [-0.2, -0.15) is 0 Å². The summed E-state index contributed by atoms with van der Waals surface area (Å²) in [6.07, 6.45) is 0. The van der Waals surface area contributed by atoms with Crippen LogP contribution in [-0.4, -0.2) is 0 Å². The van der Waals surface area contributed by atoms with Crippen molar-refractivity contribution in [2.24, 2.45) is 0 Å². The highest BCUT2D eigenvalue weighted by molar-refractivity contribution is 9.10. The van der Waals surface area contributed by atoms with Gasteiger partial charge in [-0.15, -0.1) is 0 Å². The van der Waals surface area contributed by atoms with Crippen LogP contribution in [0.1, 0.15) is 5.56 Å². The second-order valence-electron chi connectivity index (χ2n) is 6.38. The van der Waals surface area contributed by atoms with Crippen molar-refractivity contribution in [3.63, 3.8) is 0 Å². The Morgan fingerprint density at radius 3 is 1.74 bits per heavy atom. The van der Waals surface area contributed by atoms with E-state index in [1.54, 1.807) is 0 Å². The molecule has 0 unspecified atom stereocenters. The van der Waals surface area contributed by atoms with Crippen molar-refractivity contribution >= 4 is 27.3 Å². The fourth-order valence-corrected chi connectivity index (χ4v) is 4.80. The van der Waals surface area contributed by atoms with E-state index >= 15 is 0 Å². The smallest absolute Gasteiger partial charge is 0.247 e. The summed E-state index contributed by atoms with van der Waals surface area (Å²) in [5, 5.41) is 0. The molecule has 0 amide bonds. The highest BCUT2D eigenvalue weighted by Crippen LogP contribution is 2.44. The first-order valence-corrected chi connectivity index (χ1v) is 10.3. The number of aryl methyl sites for hydroxylation is 1. The summed E-state index contributed by atoms with van der Waals surface area (Å²) in [5.74, 6) is 0. The van der Waals surface area contributed by atoms with Gasteiger partial charge in [0.05, 0.1) is 4.47 Å². The predicted octanol–water partition coefficient (Wildman–Crippen LogP) is 7.18. The molecule has 3 aromatic carbocycles. The zero-order valence-corrected chi connectivity index (χ0v) is 17.2. The largest absolute Gasteiger partial charge is 0.277 e. The number of halogens is 1. The fraction of sp³-hybridized carbons (Fsp3) is 0.0417. The van der Waals surface area contributed by atoms with Crippen molar-refractivity contribution in [3.05, 3.63) is 105 Å². The van der Waals surface area contributed by atoms with Crippen molar-refractivity contribution in [3.8, 4) is 32.7 Å². The standard InChI is InChI=1S/C24H17BrOS/c1-16-12-14-19(15-13-16)23-21(18-10-6-3-7-11-18)20(22(25)24(26)27-23)17-8-4-2-5-9-17/h2-15H,1H3. The SMILES string of the molecule is Cc1ccc(-c2sc(=O)c(Br)c(-c3ccccc3)c2-c2ccccc2)cc1. The number of rotatable bonds is 3. The molecule has 1 nitrogen and oxygen atoms in total. The predicted molar refractivity (Wildman–Crippen MR) is 119 cm³/mol. The van der Waals surface area contributed by atoms with E-state index in [0.717, 1.165) is 32.7 Å². The molecule has 132 valence electrons. The highest BCUT2D eigenvalue weighted by atomic mass is 79.9. The molecule has 4 aromatic rings. The Bertz CT molecular complexity index is 1130. The van der Waals surface area contributed by atoms with Crippen LogP contribution in [0.5, 0.6) is 0 Å². The zero-order valence-electron chi connectivity index (χ0n) is 14.8. The van der Waals surface area contributed by atoms with Crippen LogP contribution in [-0.2, 0) is 0 Å². The molecule has 0 atom stereocenters. The van der Waals surface area contributed by atoms with E-state index in [1.165, 1.54) is 16.9 Å². The Kier molecular flexibility index (Phi) is 5.06. The summed E-state index contributed by atoms with van der Waals surface area (Å²) in [7, 11) is 0. The van der Waals surface area contributed by atoms with Crippen molar-refractivity contribution in [2.75, 3.05) is 0 Å². The molecule has 0 bridgehead atoms. The van der Waals surface area contributed by atoms with Crippen LogP contribution in [0, 0.1) is 6.92 Å². The quantitative estimate of drug-likeness (QED) is 0.335. The van der Waals surface area contributed by atoms with Crippen LogP contribution in [0.15, 0.2) is 94.2 Å². The van der Waals surface area contributed by atoms with Crippen molar-refractivity contribution < 1.29 is 0 Å². The number of hydrogen-bond donors (Lipinski definition) is 0. The van der Waals surface area contributed by atoms with E-state index in [9.17, 15) is 4.79 Å². The minimum Gasteiger partial charge on any atom is -0.277 e. The summed E-state index contributed by atoms with van der Waals surface area (Å²) in [6, 6.07) is 28.7. The molecule has 0 aliphatic heterocycles. The first-order valence-electron chi connectivity index (χ1n) is 8.69. The summed E-state index contributed by atoms with van der Waals surface area (Å²) in [6.45, 7) is 2.07. The molecule has 1 aromatic heterocycles. The molecule has 0 radical (unpaired) electrons. The highest BCUT2D eigenvalue weighted by Gasteiger charge is 2.20. The average molecular weight is 433 g/mol. The fourth-order valence-electron chi connectivity index (χ4n) is 3.18. The van der Waals surface area contributed by atoms with Crippen molar-refractivity contribution in [2.45, 2.75) is 6.92 Å². The van der Waals surface area contributed by atoms with Gasteiger partial charge >= 0.3 is 0 Å². The normalized spacial score (nSPS) is 10.7. The molecule has 1 heterocycles. The lowest BCUT2D eigenvalue weighted by molar-refractivity contribution is 1.47. The van der Waals surface area contributed by atoms with Gasteiger partial charge in [0.1, 0.15) is 0 Å². The molecule has 4 rings (SSSR count). The third-order valence-electron chi connectivity index (χ3n) is 4.51. The zero-order chi connectivity index (χ0) is 18.8. The van der Waals surface area contributed by atoms with Gasteiger partial charge in [-0.1, -0.05) is 102 Å². The first-order chi connectivity index (χ1) is 13.1. The third kappa shape index (κ3) is 3.53. The van der Waals surface area contributed by atoms with E-state index in [2.05, 4.69) is 71.4 Å². The van der Waals surface area contributed by atoms with Crippen molar-refractivity contribution in [1.29, 1.82) is 0 Å². The van der Waals surface area contributed by atoms with Crippen LogP contribution >= 0.6 is 27.3 Å². The molecule has 0 spiro atoms. The Hall–Kier alpha value is -2.49. The van der Waals surface area contributed by atoms with Crippen molar-refractivity contribution in [1.82, 2.24) is 0 Å². The minimum atomic E-state index is 0.0316. The average Bonchev–Trinajstić information content (AvgIpc) is 2.71. The van der Waals surface area contributed by atoms with Crippen LogP contribution in [0.2, 0.25) is 0 Å². The molecule has 0 N–H and O–H groups in total. The lowest BCUT2D eigenvalue weighted by atomic mass is 9.93. The van der Waals surface area contributed by atoms with Gasteiger partial charge < -0.3 is 0 Å². The monoisotopic (exact) mass is 432 g/mol. The van der Waals surface area contributed by atoms with Gasteiger partial charge in [0.25, 0.3) is 0 Å². The maximum Gasteiger partial charge on any atom is 0.247 e. The molecule has 0 saturated heterocycles. The summed E-state index contributed by atoms with van der Waals surface area (Å²) in [4.78, 5) is 13.8. The molecule has 0 saturated carbocycles. The second-order valence-corrected chi connectivity index (χ2v) is 8.16. The lowest BCUT2D eigenvalue weighted by Crippen LogP contribution is -2.02.